The lowest BCUT2D eigenvalue weighted by Gasteiger charge is -2.03. The number of thioether (sulfide) groups is 1. The molecule has 0 aliphatic carbocycles. The number of aryl methyl sites for hydroxylation is 1. The van der Waals surface area contributed by atoms with E-state index < -0.39 is 5.63 Å². The van der Waals surface area contributed by atoms with Gasteiger partial charge in [-0.15, -0.1) is 0 Å². The molecule has 0 unspecified atom stereocenters. The van der Waals surface area contributed by atoms with Crippen LogP contribution in [0.15, 0.2) is 55.5 Å². The van der Waals surface area contributed by atoms with Gasteiger partial charge in [0.1, 0.15) is 11.1 Å². The van der Waals surface area contributed by atoms with Crippen LogP contribution in [-0.2, 0) is 7.05 Å². The van der Waals surface area contributed by atoms with E-state index in [4.69, 9.17) is 4.42 Å². The molecule has 22 heavy (non-hydrogen) atoms. The van der Waals surface area contributed by atoms with Crippen LogP contribution in [0.1, 0.15) is 10.4 Å². The van der Waals surface area contributed by atoms with Gasteiger partial charge in [-0.1, -0.05) is 27.7 Å². The summed E-state index contributed by atoms with van der Waals surface area (Å²) >= 11 is 4.64. The van der Waals surface area contributed by atoms with Gasteiger partial charge in [0.05, 0.1) is 5.75 Å². The van der Waals surface area contributed by atoms with Crippen molar-refractivity contribution < 1.29 is 9.21 Å². The molecule has 2 aromatic heterocycles. The zero-order chi connectivity index (χ0) is 15.7. The predicted molar refractivity (Wildman–Crippen MR) is 88.4 cm³/mol. The Hall–Kier alpha value is -1.86. The van der Waals surface area contributed by atoms with Crippen molar-refractivity contribution in [1.82, 2.24) is 9.55 Å². The number of nitrogens with zero attached hydrogens (tertiary/aromatic N) is 2. The van der Waals surface area contributed by atoms with Crippen LogP contribution >= 0.6 is 27.7 Å². The first-order valence-corrected chi connectivity index (χ1v) is 8.19. The van der Waals surface area contributed by atoms with Crippen LogP contribution in [0, 0.1) is 0 Å². The minimum absolute atomic E-state index is 0.0623. The fraction of sp³-hybridized carbons (Fsp3) is 0.133. The van der Waals surface area contributed by atoms with Gasteiger partial charge in [-0.05, 0) is 24.3 Å². The number of hydrogen-bond acceptors (Lipinski definition) is 5. The second kappa shape index (κ2) is 6.10. The first kappa shape index (κ1) is 15.1. The number of carbonyl (C=O) groups excluding carboxylic acids is 1. The molecule has 0 amide bonds. The van der Waals surface area contributed by atoms with Gasteiger partial charge in [-0.25, -0.2) is 9.78 Å². The lowest BCUT2D eigenvalue weighted by molar-refractivity contribution is 0.101. The summed E-state index contributed by atoms with van der Waals surface area (Å²) in [5.74, 6) is -0.140. The van der Waals surface area contributed by atoms with E-state index in [2.05, 4.69) is 20.9 Å². The average molecular weight is 379 g/mol. The third-order valence-electron chi connectivity index (χ3n) is 3.10. The van der Waals surface area contributed by atoms with Crippen LogP contribution in [0.2, 0.25) is 0 Å². The van der Waals surface area contributed by atoms with Gasteiger partial charge in [0, 0.05) is 29.3 Å². The molecule has 3 rings (SSSR count). The Morgan fingerprint density at radius 3 is 2.95 bits per heavy atom. The van der Waals surface area contributed by atoms with Crippen molar-refractivity contribution in [2.45, 2.75) is 5.16 Å². The third kappa shape index (κ3) is 3.00. The van der Waals surface area contributed by atoms with Gasteiger partial charge in [0.25, 0.3) is 0 Å². The smallest absolute Gasteiger partial charge is 0.347 e. The number of fused-ring (bicyclic) bond motifs is 1. The molecule has 5 nitrogen and oxygen atoms in total. The molecule has 1 aromatic carbocycles. The van der Waals surface area contributed by atoms with E-state index in [1.54, 1.807) is 36.7 Å². The minimum Gasteiger partial charge on any atom is -0.422 e. The normalized spacial score (nSPS) is 11.0. The first-order chi connectivity index (χ1) is 10.5. The van der Waals surface area contributed by atoms with Crippen molar-refractivity contribution in [3.05, 3.63) is 57.1 Å². The Morgan fingerprint density at radius 1 is 1.41 bits per heavy atom. The van der Waals surface area contributed by atoms with E-state index in [1.807, 2.05) is 11.6 Å². The Labute approximate surface area is 138 Å². The van der Waals surface area contributed by atoms with Crippen molar-refractivity contribution in [2.24, 2.45) is 7.05 Å². The third-order valence-corrected chi connectivity index (χ3v) is 4.66. The molecule has 0 N–H and O–H groups in total. The van der Waals surface area contributed by atoms with Gasteiger partial charge in [0.2, 0.25) is 0 Å². The molecule has 0 spiro atoms. The SMILES string of the molecule is Cn1ccnc1SCC(=O)c1cc2cc(Br)ccc2oc1=O. The van der Waals surface area contributed by atoms with Crippen LogP contribution in [0.5, 0.6) is 0 Å². The van der Waals surface area contributed by atoms with Crippen LogP contribution in [0.3, 0.4) is 0 Å². The maximum absolute atomic E-state index is 12.3. The number of hydrogen-bond donors (Lipinski definition) is 0. The molecule has 2 heterocycles. The van der Waals surface area contributed by atoms with Crippen molar-refractivity contribution >= 4 is 44.4 Å². The summed E-state index contributed by atoms with van der Waals surface area (Å²) in [6.07, 6.45) is 3.46. The quantitative estimate of drug-likeness (QED) is 0.396. The lowest BCUT2D eigenvalue weighted by Crippen LogP contribution is -2.15. The Balaban J connectivity index is 1.88. The van der Waals surface area contributed by atoms with Gasteiger partial charge in [-0.3, -0.25) is 4.79 Å². The van der Waals surface area contributed by atoms with Gasteiger partial charge in [-0.2, -0.15) is 0 Å². The summed E-state index contributed by atoms with van der Waals surface area (Å²) in [5.41, 5.74) is -0.0888. The maximum Gasteiger partial charge on any atom is 0.347 e. The van der Waals surface area contributed by atoms with E-state index in [0.29, 0.717) is 11.0 Å². The van der Waals surface area contributed by atoms with Crippen LogP contribution in [-0.4, -0.2) is 21.1 Å². The van der Waals surface area contributed by atoms with E-state index in [0.717, 1.165) is 9.63 Å². The Morgan fingerprint density at radius 2 is 2.23 bits per heavy atom. The molecule has 0 aliphatic heterocycles. The van der Waals surface area contributed by atoms with Crippen molar-refractivity contribution in [2.75, 3.05) is 5.75 Å². The molecule has 0 saturated heterocycles. The highest BCUT2D eigenvalue weighted by Crippen LogP contribution is 2.21. The molecule has 0 bridgehead atoms. The summed E-state index contributed by atoms with van der Waals surface area (Å²) in [5, 5.41) is 1.43. The zero-order valence-corrected chi connectivity index (χ0v) is 14.0. The minimum atomic E-state index is -0.611. The van der Waals surface area contributed by atoms with Crippen LogP contribution < -0.4 is 5.63 Å². The fourth-order valence-electron chi connectivity index (χ4n) is 1.99. The Bertz CT molecular complexity index is 917. The first-order valence-electron chi connectivity index (χ1n) is 6.41. The summed E-state index contributed by atoms with van der Waals surface area (Å²) in [7, 11) is 1.85. The lowest BCUT2D eigenvalue weighted by atomic mass is 10.1. The molecule has 0 radical (unpaired) electrons. The summed E-state index contributed by atoms with van der Waals surface area (Å²) < 4.78 is 7.88. The number of benzene rings is 1. The number of Topliss-reactive ketones (excluding diaryl/α,β-unsaturated/α-hetero) is 1. The second-order valence-corrected chi connectivity index (χ2v) is 6.52. The average Bonchev–Trinajstić information content (AvgIpc) is 2.90. The maximum atomic E-state index is 12.3. The number of ketones is 1. The van der Waals surface area contributed by atoms with Gasteiger partial charge < -0.3 is 8.98 Å². The standard InChI is InChI=1S/C15H11BrN2O3S/c1-18-5-4-17-15(18)22-8-12(19)11-7-9-6-10(16)2-3-13(9)21-14(11)20/h2-7H,8H2,1H3. The van der Waals surface area contributed by atoms with E-state index in [1.165, 1.54) is 11.8 Å². The topological polar surface area (TPSA) is 65.1 Å². The second-order valence-electron chi connectivity index (χ2n) is 4.66. The van der Waals surface area contributed by atoms with Crippen molar-refractivity contribution in [1.29, 1.82) is 0 Å². The molecular formula is C15H11BrN2O3S. The molecule has 0 saturated carbocycles. The molecular weight excluding hydrogens is 368 g/mol. The van der Waals surface area contributed by atoms with E-state index >= 15 is 0 Å². The monoisotopic (exact) mass is 378 g/mol. The van der Waals surface area contributed by atoms with Gasteiger partial charge >= 0.3 is 5.63 Å². The summed E-state index contributed by atoms with van der Waals surface area (Å²) in [6, 6.07) is 6.86. The molecule has 0 fully saturated rings. The Kier molecular flexibility index (Phi) is 4.17. The fourth-order valence-corrected chi connectivity index (χ4v) is 3.18. The molecule has 0 atom stereocenters. The summed E-state index contributed by atoms with van der Waals surface area (Å²) in [4.78, 5) is 28.4. The van der Waals surface area contributed by atoms with E-state index in [9.17, 15) is 9.59 Å². The number of aromatic nitrogens is 2. The molecule has 0 aliphatic rings. The largest absolute Gasteiger partial charge is 0.422 e. The molecule has 112 valence electrons. The predicted octanol–water partition coefficient (Wildman–Crippen LogP) is 3.26. The zero-order valence-electron chi connectivity index (χ0n) is 11.6. The van der Waals surface area contributed by atoms with E-state index in [-0.39, 0.29) is 17.1 Å². The molecule has 7 heteroatoms. The number of halogens is 1. The number of imidazole rings is 1. The van der Waals surface area contributed by atoms with Crippen molar-refractivity contribution in [3.63, 3.8) is 0 Å². The van der Waals surface area contributed by atoms with Crippen LogP contribution in [0.25, 0.3) is 11.0 Å². The number of rotatable bonds is 4. The van der Waals surface area contributed by atoms with Gasteiger partial charge in [0.15, 0.2) is 10.9 Å². The highest BCUT2D eigenvalue weighted by molar-refractivity contribution is 9.10. The van der Waals surface area contributed by atoms with Crippen LogP contribution in [0.4, 0.5) is 0 Å². The molecule has 3 aromatic rings. The summed E-state index contributed by atoms with van der Waals surface area (Å²) in [6.45, 7) is 0. The highest BCUT2D eigenvalue weighted by atomic mass is 79.9. The van der Waals surface area contributed by atoms with Crippen molar-refractivity contribution in [3.8, 4) is 0 Å². The highest BCUT2D eigenvalue weighted by Gasteiger charge is 2.15. The number of carbonyl (C=O) groups is 1.